The van der Waals surface area contributed by atoms with Crippen molar-refractivity contribution >= 4 is 17.5 Å². The molecule has 0 aliphatic carbocycles. The third-order valence-corrected chi connectivity index (χ3v) is 2.48. The molecular weight excluding hydrogens is 216 g/mol. The molecule has 1 aliphatic rings. The van der Waals surface area contributed by atoms with Gasteiger partial charge in [0.2, 0.25) is 0 Å². The minimum Gasteiger partial charge on any atom is -0.379 e. The summed E-state index contributed by atoms with van der Waals surface area (Å²) < 4.78 is 5.16. The number of hydrogen-bond acceptors (Lipinski definition) is 3. The standard InChI is InChI=1S/C10H11ClN2O2/c11-9-2-1-7(5-12-9)10(14)13-8-3-4-15-6-8/h1-2,5,8H,3-4,6H2,(H,13,14). The van der Waals surface area contributed by atoms with E-state index in [0.29, 0.717) is 23.9 Å². The van der Waals surface area contributed by atoms with Crippen LogP contribution in [0.15, 0.2) is 18.3 Å². The number of nitrogens with one attached hydrogen (secondary N) is 1. The average Bonchev–Trinajstić information content (AvgIpc) is 2.71. The Labute approximate surface area is 92.6 Å². The minimum atomic E-state index is -0.130. The zero-order valence-corrected chi connectivity index (χ0v) is 8.83. The van der Waals surface area contributed by atoms with Crippen molar-refractivity contribution in [1.29, 1.82) is 0 Å². The Morgan fingerprint density at radius 3 is 3.07 bits per heavy atom. The van der Waals surface area contributed by atoms with E-state index in [9.17, 15) is 4.79 Å². The minimum absolute atomic E-state index is 0.119. The number of aromatic nitrogens is 1. The Bertz CT molecular complexity index is 347. The van der Waals surface area contributed by atoms with E-state index < -0.39 is 0 Å². The smallest absolute Gasteiger partial charge is 0.253 e. The summed E-state index contributed by atoms with van der Waals surface area (Å²) in [6, 6.07) is 3.37. The predicted molar refractivity (Wildman–Crippen MR) is 55.9 cm³/mol. The largest absolute Gasteiger partial charge is 0.379 e. The fourth-order valence-corrected chi connectivity index (χ4v) is 1.54. The second kappa shape index (κ2) is 4.59. The molecule has 80 valence electrons. The Balaban J connectivity index is 1.98. The van der Waals surface area contributed by atoms with E-state index in [1.165, 1.54) is 6.20 Å². The first-order chi connectivity index (χ1) is 7.25. The van der Waals surface area contributed by atoms with Gasteiger partial charge < -0.3 is 10.1 Å². The highest BCUT2D eigenvalue weighted by molar-refractivity contribution is 6.29. The third kappa shape index (κ3) is 2.67. The summed E-state index contributed by atoms with van der Waals surface area (Å²) in [5.41, 5.74) is 0.520. The van der Waals surface area contributed by atoms with E-state index in [0.717, 1.165) is 6.42 Å². The summed E-state index contributed by atoms with van der Waals surface area (Å²) in [6.45, 7) is 1.30. The van der Waals surface area contributed by atoms with E-state index in [-0.39, 0.29) is 11.9 Å². The number of rotatable bonds is 2. The zero-order chi connectivity index (χ0) is 10.7. The van der Waals surface area contributed by atoms with Gasteiger partial charge in [0.1, 0.15) is 5.15 Å². The van der Waals surface area contributed by atoms with Crippen molar-refractivity contribution in [3.05, 3.63) is 29.0 Å². The maximum atomic E-state index is 11.7. The fourth-order valence-electron chi connectivity index (χ4n) is 1.43. The predicted octanol–water partition coefficient (Wildman–Crippen LogP) is 1.25. The number of nitrogens with zero attached hydrogens (tertiary/aromatic N) is 1. The summed E-state index contributed by atoms with van der Waals surface area (Å²) in [5, 5.41) is 3.25. The van der Waals surface area contributed by atoms with Gasteiger partial charge in [-0.25, -0.2) is 4.98 Å². The number of carbonyl (C=O) groups is 1. The van der Waals surface area contributed by atoms with Crippen LogP contribution in [0.3, 0.4) is 0 Å². The number of ether oxygens (including phenoxy) is 1. The molecule has 5 heteroatoms. The Morgan fingerprint density at radius 2 is 2.47 bits per heavy atom. The van der Waals surface area contributed by atoms with E-state index >= 15 is 0 Å². The van der Waals surface area contributed by atoms with Crippen molar-refractivity contribution < 1.29 is 9.53 Å². The quantitative estimate of drug-likeness (QED) is 0.773. The van der Waals surface area contributed by atoms with Crippen LogP contribution < -0.4 is 5.32 Å². The topological polar surface area (TPSA) is 51.2 Å². The van der Waals surface area contributed by atoms with Crippen molar-refractivity contribution in [1.82, 2.24) is 10.3 Å². The monoisotopic (exact) mass is 226 g/mol. The Morgan fingerprint density at radius 1 is 1.60 bits per heavy atom. The molecule has 0 radical (unpaired) electrons. The van der Waals surface area contributed by atoms with E-state index in [4.69, 9.17) is 16.3 Å². The molecule has 1 atom stereocenters. The third-order valence-electron chi connectivity index (χ3n) is 2.25. The second-order valence-corrected chi connectivity index (χ2v) is 3.79. The number of pyridine rings is 1. The lowest BCUT2D eigenvalue weighted by molar-refractivity contribution is 0.0929. The molecule has 15 heavy (non-hydrogen) atoms. The van der Waals surface area contributed by atoms with Crippen molar-refractivity contribution in [2.24, 2.45) is 0 Å². The molecule has 1 N–H and O–H groups in total. The molecule has 1 fully saturated rings. The van der Waals surface area contributed by atoms with Crippen molar-refractivity contribution in [2.75, 3.05) is 13.2 Å². The fraction of sp³-hybridized carbons (Fsp3) is 0.400. The average molecular weight is 227 g/mol. The lowest BCUT2D eigenvalue weighted by atomic mass is 10.2. The van der Waals surface area contributed by atoms with Crippen molar-refractivity contribution in [3.8, 4) is 0 Å². The van der Waals surface area contributed by atoms with Crippen LogP contribution in [0.25, 0.3) is 0 Å². The van der Waals surface area contributed by atoms with E-state index in [1.807, 2.05) is 0 Å². The first-order valence-electron chi connectivity index (χ1n) is 4.76. The van der Waals surface area contributed by atoms with Crippen LogP contribution >= 0.6 is 11.6 Å². The molecule has 1 amide bonds. The molecule has 0 aromatic carbocycles. The van der Waals surface area contributed by atoms with Crippen LogP contribution in [0.2, 0.25) is 5.15 Å². The summed E-state index contributed by atoms with van der Waals surface area (Å²) in [6.07, 6.45) is 2.33. The number of halogens is 1. The lowest BCUT2D eigenvalue weighted by Gasteiger charge is -2.09. The molecule has 1 unspecified atom stereocenters. The highest BCUT2D eigenvalue weighted by Crippen LogP contribution is 2.07. The highest BCUT2D eigenvalue weighted by Gasteiger charge is 2.18. The van der Waals surface area contributed by atoms with Gasteiger partial charge in [-0.3, -0.25) is 4.79 Å². The van der Waals surface area contributed by atoms with Crippen LogP contribution in [-0.4, -0.2) is 30.1 Å². The van der Waals surface area contributed by atoms with Gasteiger partial charge in [0.25, 0.3) is 5.91 Å². The SMILES string of the molecule is O=C(NC1CCOC1)c1ccc(Cl)nc1. The van der Waals surface area contributed by atoms with Gasteiger partial charge in [-0.2, -0.15) is 0 Å². The van der Waals surface area contributed by atoms with Gasteiger partial charge >= 0.3 is 0 Å². The van der Waals surface area contributed by atoms with Gasteiger partial charge in [-0.15, -0.1) is 0 Å². The molecule has 1 aromatic rings. The van der Waals surface area contributed by atoms with Gasteiger partial charge in [-0.05, 0) is 18.6 Å². The Kier molecular flexibility index (Phi) is 3.18. The molecule has 0 spiro atoms. The summed E-state index contributed by atoms with van der Waals surface area (Å²) in [7, 11) is 0. The molecular formula is C10H11ClN2O2. The summed E-state index contributed by atoms with van der Waals surface area (Å²) in [5.74, 6) is -0.130. The van der Waals surface area contributed by atoms with Crippen LogP contribution in [0.4, 0.5) is 0 Å². The second-order valence-electron chi connectivity index (χ2n) is 3.40. The number of carbonyl (C=O) groups excluding carboxylic acids is 1. The first kappa shape index (κ1) is 10.4. The molecule has 0 bridgehead atoms. The maximum absolute atomic E-state index is 11.7. The molecule has 1 saturated heterocycles. The van der Waals surface area contributed by atoms with Gasteiger partial charge in [0.05, 0.1) is 18.2 Å². The highest BCUT2D eigenvalue weighted by atomic mass is 35.5. The Hall–Kier alpha value is -1.13. The van der Waals surface area contributed by atoms with Crippen molar-refractivity contribution in [3.63, 3.8) is 0 Å². The lowest BCUT2D eigenvalue weighted by Crippen LogP contribution is -2.35. The van der Waals surface area contributed by atoms with Crippen LogP contribution in [0.5, 0.6) is 0 Å². The first-order valence-corrected chi connectivity index (χ1v) is 5.13. The number of amides is 1. The summed E-state index contributed by atoms with van der Waals surface area (Å²) in [4.78, 5) is 15.5. The molecule has 2 rings (SSSR count). The normalized spacial score (nSPS) is 20.2. The van der Waals surface area contributed by atoms with Gasteiger partial charge in [0.15, 0.2) is 0 Å². The van der Waals surface area contributed by atoms with Gasteiger partial charge in [-0.1, -0.05) is 11.6 Å². The van der Waals surface area contributed by atoms with E-state index in [1.54, 1.807) is 12.1 Å². The molecule has 2 heterocycles. The molecule has 0 saturated carbocycles. The molecule has 4 nitrogen and oxygen atoms in total. The van der Waals surface area contributed by atoms with Crippen LogP contribution in [0, 0.1) is 0 Å². The summed E-state index contributed by atoms with van der Waals surface area (Å²) >= 11 is 5.62. The van der Waals surface area contributed by atoms with Crippen molar-refractivity contribution in [2.45, 2.75) is 12.5 Å². The number of hydrogen-bond donors (Lipinski definition) is 1. The van der Waals surface area contributed by atoms with Crippen LogP contribution in [0.1, 0.15) is 16.8 Å². The zero-order valence-electron chi connectivity index (χ0n) is 8.07. The van der Waals surface area contributed by atoms with E-state index in [2.05, 4.69) is 10.3 Å². The van der Waals surface area contributed by atoms with Gasteiger partial charge in [0, 0.05) is 12.8 Å². The maximum Gasteiger partial charge on any atom is 0.253 e. The molecule has 1 aromatic heterocycles. The van der Waals surface area contributed by atoms with Crippen LogP contribution in [-0.2, 0) is 4.74 Å². The molecule has 1 aliphatic heterocycles.